The number of carbonyl (C=O) groups is 2. The van der Waals surface area contributed by atoms with Crippen LogP contribution in [-0.4, -0.2) is 38.2 Å². The van der Waals surface area contributed by atoms with Gasteiger partial charge in [0.15, 0.2) is 0 Å². The zero-order valence-electron chi connectivity index (χ0n) is 18.8. The predicted octanol–water partition coefficient (Wildman–Crippen LogP) is 4.14. The fourth-order valence-corrected chi connectivity index (χ4v) is 3.45. The van der Waals surface area contributed by atoms with Gasteiger partial charge in [-0.05, 0) is 41.7 Å². The summed E-state index contributed by atoms with van der Waals surface area (Å²) in [4.78, 5) is 25.5. The van der Waals surface area contributed by atoms with Crippen molar-refractivity contribution in [1.82, 2.24) is 10.6 Å². The summed E-state index contributed by atoms with van der Waals surface area (Å²) in [6.07, 6.45) is 4.75. The Morgan fingerprint density at radius 1 is 0.969 bits per heavy atom. The van der Waals surface area contributed by atoms with Gasteiger partial charge < -0.3 is 20.1 Å². The highest BCUT2D eigenvalue weighted by Gasteiger charge is 2.19. The van der Waals surface area contributed by atoms with Gasteiger partial charge in [0.2, 0.25) is 5.91 Å². The molecule has 0 aliphatic carbocycles. The lowest BCUT2D eigenvalue weighted by Crippen LogP contribution is -2.38. The lowest BCUT2D eigenvalue weighted by atomic mass is 9.98. The Balaban J connectivity index is 1.84. The van der Waals surface area contributed by atoms with Crippen molar-refractivity contribution in [2.24, 2.45) is 0 Å². The summed E-state index contributed by atoms with van der Waals surface area (Å²) in [5.41, 5.74) is 2.61. The number of fused-ring (bicyclic) bond motifs is 1. The van der Waals surface area contributed by atoms with Gasteiger partial charge in [-0.3, -0.25) is 9.59 Å². The van der Waals surface area contributed by atoms with Crippen LogP contribution in [0.2, 0.25) is 0 Å². The van der Waals surface area contributed by atoms with Crippen LogP contribution in [0.5, 0.6) is 5.75 Å². The Kier molecular flexibility index (Phi) is 8.87. The van der Waals surface area contributed by atoms with Crippen LogP contribution in [0.3, 0.4) is 0 Å². The lowest BCUT2D eigenvalue weighted by Gasteiger charge is -2.21. The van der Waals surface area contributed by atoms with Crippen molar-refractivity contribution in [1.29, 1.82) is 0 Å². The minimum absolute atomic E-state index is 0.0600. The van der Waals surface area contributed by atoms with Crippen molar-refractivity contribution in [3.8, 4) is 5.75 Å². The Morgan fingerprint density at radius 3 is 2.50 bits per heavy atom. The van der Waals surface area contributed by atoms with E-state index in [9.17, 15) is 9.59 Å². The molecule has 1 heterocycles. The van der Waals surface area contributed by atoms with Crippen LogP contribution in [0.1, 0.15) is 60.1 Å². The molecule has 2 N–H and O–H groups in total. The Bertz CT molecular complexity index is 922. The molecule has 0 saturated heterocycles. The summed E-state index contributed by atoms with van der Waals surface area (Å²) in [7, 11) is 0. The molecule has 0 bridgehead atoms. The molecular formula is C26H32N2O4. The maximum Gasteiger partial charge on any atom is 0.255 e. The first-order valence-corrected chi connectivity index (χ1v) is 11.2. The number of para-hydroxylation sites is 1. The third-order valence-corrected chi connectivity index (χ3v) is 5.35. The SMILES string of the molecule is CC(C)c1ccc(C2CNC(=O)CCCOC/C=C\COc3ccccc3C(=O)N2)cc1. The van der Waals surface area contributed by atoms with Gasteiger partial charge in [-0.25, -0.2) is 0 Å². The first-order valence-electron chi connectivity index (χ1n) is 11.2. The molecule has 1 aliphatic heterocycles. The van der Waals surface area contributed by atoms with Gasteiger partial charge in [0, 0.05) is 19.6 Å². The van der Waals surface area contributed by atoms with Crippen LogP contribution < -0.4 is 15.4 Å². The van der Waals surface area contributed by atoms with Crippen molar-refractivity contribution < 1.29 is 19.1 Å². The van der Waals surface area contributed by atoms with Crippen molar-refractivity contribution in [2.45, 2.75) is 38.6 Å². The van der Waals surface area contributed by atoms with E-state index < -0.39 is 0 Å². The van der Waals surface area contributed by atoms with E-state index in [2.05, 4.69) is 36.6 Å². The van der Waals surface area contributed by atoms with Crippen LogP contribution in [0.15, 0.2) is 60.7 Å². The highest BCUT2D eigenvalue weighted by molar-refractivity contribution is 5.97. The van der Waals surface area contributed by atoms with Crippen molar-refractivity contribution in [3.05, 3.63) is 77.4 Å². The smallest absolute Gasteiger partial charge is 0.255 e. The number of hydrogen-bond acceptors (Lipinski definition) is 4. The minimum Gasteiger partial charge on any atom is -0.489 e. The Hall–Kier alpha value is -3.12. The number of nitrogens with one attached hydrogen (secondary N) is 2. The fourth-order valence-electron chi connectivity index (χ4n) is 3.45. The van der Waals surface area contributed by atoms with E-state index in [1.54, 1.807) is 12.1 Å². The van der Waals surface area contributed by atoms with Crippen LogP contribution in [0, 0.1) is 0 Å². The molecule has 6 nitrogen and oxygen atoms in total. The number of carbonyl (C=O) groups excluding carboxylic acids is 2. The molecule has 2 amide bonds. The average Bonchev–Trinajstić information content (AvgIpc) is 2.80. The topological polar surface area (TPSA) is 76.7 Å². The van der Waals surface area contributed by atoms with Crippen LogP contribution in [0.25, 0.3) is 0 Å². The van der Waals surface area contributed by atoms with E-state index in [1.807, 2.05) is 36.4 Å². The second-order valence-corrected chi connectivity index (χ2v) is 8.11. The highest BCUT2D eigenvalue weighted by Crippen LogP contribution is 2.22. The summed E-state index contributed by atoms with van der Waals surface area (Å²) < 4.78 is 11.3. The van der Waals surface area contributed by atoms with E-state index >= 15 is 0 Å². The van der Waals surface area contributed by atoms with E-state index in [4.69, 9.17) is 9.47 Å². The summed E-state index contributed by atoms with van der Waals surface area (Å²) >= 11 is 0. The lowest BCUT2D eigenvalue weighted by molar-refractivity contribution is -0.121. The zero-order chi connectivity index (χ0) is 22.8. The third-order valence-electron chi connectivity index (χ3n) is 5.35. The molecule has 1 atom stereocenters. The number of benzene rings is 2. The summed E-state index contributed by atoms with van der Waals surface area (Å²) in [5.74, 6) is 0.622. The summed E-state index contributed by atoms with van der Waals surface area (Å²) in [6, 6.07) is 14.9. The molecule has 0 saturated carbocycles. The second kappa shape index (κ2) is 12.1. The van der Waals surface area contributed by atoms with Gasteiger partial charge in [-0.15, -0.1) is 0 Å². The first kappa shape index (κ1) is 23.5. The quantitative estimate of drug-likeness (QED) is 0.694. The Morgan fingerprint density at radius 2 is 1.72 bits per heavy atom. The molecule has 32 heavy (non-hydrogen) atoms. The standard InChI is InChI=1S/C26H32N2O4/c1-19(2)20-11-13-21(14-12-20)23-18-27-25(29)10-7-16-31-15-5-6-17-32-24-9-4-3-8-22(24)26(30)28-23/h3-6,8-9,11-14,19,23H,7,10,15-18H2,1-2H3,(H,27,29)(H,28,30)/b6-5-. The molecule has 3 rings (SSSR count). The first-order chi connectivity index (χ1) is 15.5. The molecule has 0 aromatic heterocycles. The van der Waals surface area contributed by atoms with Crippen molar-refractivity contribution >= 4 is 11.8 Å². The molecule has 1 unspecified atom stereocenters. The summed E-state index contributed by atoms with van der Waals surface area (Å²) in [5, 5.41) is 6.03. The monoisotopic (exact) mass is 436 g/mol. The van der Waals surface area contributed by atoms with Crippen molar-refractivity contribution in [3.63, 3.8) is 0 Å². The molecule has 6 heteroatoms. The van der Waals surface area contributed by atoms with Crippen LogP contribution in [0.4, 0.5) is 0 Å². The van der Waals surface area contributed by atoms with E-state index in [1.165, 1.54) is 5.56 Å². The number of rotatable bonds is 2. The van der Waals surface area contributed by atoms with E-state index in [-0.39, 0.29) is 17.9 Å². The normalized spacial score (nSPS) is 19.8. The van der Waals surface area contributed by atoms with Crippen molar-refractivity contribution in [2.75, 3.05) is 26.4 Å². The van der Waals surface area contributed by atoms with Gasteiger partial charge in [-0.1, -0.05) is 56.3 Å². The van der Waals surface area contributed by atoms with Gasteiger partial charge >= 0.3 is 0 Å². The molecular weight excluding hydrogens is 404 g/mol. The number of amides is 2. The van der Waals surface area contributed by atoms with Crippen LogP contribution in [-0.2, 0) is 9.53 Å². The van der Waals surface area contributed by atoms with Gasteiger partial charge in [0.05, 0.1) is 18.2 Å². The molecule has 170 valence electrons. The minimum atomic E-state index is -0.368. The third kappa shape index (κ3) is 6.95. The van der Waals surface area contributed by atoms with Gasteiger partial charge in [0.25, 0.3) is 5.91 Å². The van der Waals surface area contributed by atoms with Gasteiger partial charge in [-0.2, -0.15) is 0 Å². The maximum absolute atomic E-state index is 13.2. The van der Waals surface area contributed by atoms with E-state index in [0.29, 0.717) is 56.4 Å². The molecule has 2 aromatic carbocycles. The van der Waals surface area contributed by atoms with E-state index in [0.717, 1.165) is 5.56 Å². The zero-order valence-corrected chi connectivity index (χ0v) is 18.8. The maximum atomic E-state index is 13.2. The fraction of sp³-hybridized carbons (Fsp3) is 0.385. The predicted molar refractivity (Wildman–Crippen MR) is 125 cm³/mol. The molecule has 2 aromatic rings. The summed E-state index contributed by atoms with van der Waals surface area (Å²) in [6.45, 7) is 5.90. The number of hydrogen-bond donors (Lipinski definition) is 2. The van der Waals surface area contributed by atoms with Crippen LogP contribution >= 0.6 is 0 Å². The molecule has 1 aliphatic rings. The molecule has 0 fully saturated rings. The molecule has 0 radical (unpaired) electrons. The average molecular weight is 437 g/mol. The highest BCUT2D eigenvalue weighted by atomic mass is 16.5. The molecule has 0 spiro atoms. The largest absolute Gasteiger partial charge is 0.489 e. The second-order valence-electron chi connectivity index (χ2n) is 8.11. The Labute approximate surface area is 190 Å². The number of ether oxygens (including phenoxy) is 2. The van der Waals surface area contributed by atoms with Gasteiger partial charge in [0.1, 0.15) is 12.4 Å².